The van der Waals surface area contributed by atoms with Crippen LogP contribution in [0.25, 0.3) is 0 Å². The van der Waals surface area contributed by atoms with Gasteiger partial charge in [0.1, 0.15) is 12.2 Å². The first kappa shape index (κ1) is 29.5. The third kappa shape index (κ3) is 8.15. The van der Waals surface area contributed by atoms with Crippen LogP contribution in [-0.4, -0.2) is 48.9 Å². The molecular weight excluding hydrogens is 559 g/mol. The fourth-order valence-corrected chi connectivity index (χ4v) is 5.76. The smallest absolute Gasteiger partial charge is 0.338 e. The second-order valence-corrected chi connectivity index (χ2v) is 17.0. The molecule has 1 aromatic carbocycles. The molecule has 0 radical (unpaired) electrons. The van der Waals surface area contributed by atoms with E-state index in [1.807, 2.05) is 38.1 Å². The van der Waals surface area contributed by atoms with Crippen LogP contribution in [0.3, 0.4) is 0 Å². The number of carbonyl (C=O) groups is 1. The van der Waals surface area contributed by atoms with Crippen molar-refractivity contribution < 1.29 is 23.4 Å². The molecule has 1 aromatic rings. The van der Waals surface area contributed by atoms with Crippen molar-refractivity contribution >= 4 is 36.9 Å². The van der Waals surface area contributed by atoms with Crippen LogP contribution in [0.1, 0.15) is 65.2 Å². The van der Waals surface area contributed by atoms with E-state index in [0.717, 1.165) is 10.8 Å². The molecule has 192 valence electrons. The van der Waals surface area contributed by atoms with E-state index in [1.54, 1.807) is 12.1 Å². The molecule has 0 bridgehead atoms. The number of ether oxygens (including phenoxy) is 3. The van der Waals surface area contributed by atoms with Crippen LogP contribution in [0, 0.1) is 5.92 Å². The van der Waals surface area contributed by atoms with E-state index < -0.39 is 20.2 Å². The van der Waals surface area contributed by atoms with E-state index in [4.69, 9.17) is 18.6 Å². The van der Waals surface area contributed by atoms with Gasteiger partial charge >= 0.3 is 5.97 Å². The Bertz CT molecular complexity index is 818. The molecule has 1 saturated heterocycles. The van der Waals surface area contributed by atoms with Gasteiger partial charge in [0.05, 0.1) is 11.7 Å². The van der Waals surface area contributed by atoms with Gasteiger partial charge < -0.3 is 18.6 Å². The predicted octanol–water partition coefficient (Wildman–Crippen LogP) is 7.16. The van der Waals surface area contributed by atoms with Gasteiger partial charge in [-0.3, -0.25) is 0 Å². The van der Waals surface area contributed by atoms with Crippen LogP contribution < -0.4 is 0 Å². The van der Waals surface area contributed by atoms with Crippen molar-refractivity contribution in [2.75, 3.05) is 4.43 Å². The fraction of sp³-hybridized carbons (Fsp3) is 0.667. The first-order chi connectivity index (χ1) is 15.7. The van der Waals surface area contributed by atoms with Crippen molar-refractivity contribution in [3.05, 3.63) is 48.0 Å². The average Bonchev–Trinajstić information content (AvgIpc) is 3.04. The lowest BCUT2D eigenvalue weighted by Gasteiger charge is -2.39. The highest BCUT2D eigenvalue weighted by molar-refractivity contribution is 14.1. The number of hydrogen-bond donors (Lipinski definition) is 0. The van der Waals surface area contributed by atoms with E-state index in [9.17, 15) is 4.79 Å². The molecule has 7 heteroatoms. The quantitative estimate of drug-likeness (QED) is 0.0936. The SMILES string of the molecule is C[C@H](C=CC(OC(=O)c1ccccc1)[C@@H]1OC(C)(C)O[C@H]1CCI)[C@@H](C)O[Si](C)(C)C(C)(C)C. The lowest BCUT2D eigenvalue weighted by Crippen LogP contribution is -2.44. The molecule has 5 atom stereocenters. The van der Waals surface area contributed by atoms with Crippen molar-refractivity contribution in [2.24, 2.45) is 5.92 Å². The molecule has 2 rings (SSSR count). The standard InChI is InChI=1S/C27H43IO5Si/c1-19(20(2)33-34(8,9)26(3,4)5)15-16-22(30-25(29)21-13-11-10-12-14-21)24-23(17-18-28)31-27(6,7)32-24/h10-16,19-20,22-24H,17-18H2,1-9H3/t19-,20-,22?,23+,24+/m1/s1. The summed E-state index contributed by atoms with van der Waals surface area (Å²) in [4.78, 5) is 12.9. The number of benzene rings is 1. The highest BCUT2D eigenvalue weighted by Crippen LogP contribution is 2.38. The summed E-state index contributed by atoms with van der Waals surface area (Å²) in [5, 5.41) is 0.145. The lowest BCUT2D eigenvalue weighted by atomic mass is 10.0. The number of carbonyl (C=O) groups excluding carboxylic acids is 1. The van der Waals surface area contributed by atoms with Gasteiger partial charge in [0.25, 0.3) is 0 Å². The molecule has 1 unspecified atom stereocenters. The number of rotatable bonds is 10. The normalized spacial score (nSPS) is 23.6. The van der Waals surface area contributed by atoms with E-state index in [-0.39, 0.29) is 35.2 Å². The summed E-state index contributed by atoms with van der Waals surface area (Å²) in [5.41, 5.74) is 0.521. The zero-order chi connectivity index (χ0) is 25.7. The zero-order valence-corrected chi connectivity index (χ0v) is 25.4. The summed E-state index contributed by atoms with van der Waals surface area (Å²) >= 11 is 2.34. The van der Waals surface area contributed by atoms with Crippen LogP contribution in [0.2, 0.25) is 18.1 Å². The second-order valence-electron chi connectivity index (χ2n) is 11.2. The van der Waals surface area contributed by atoms with Crippen molar-refractivity contribution in [1.82, 2.24) is 0 Å². The second kappa shape index (κ2) is 12.0. The van der Waals surface area contributed by atoms with E-state index in [2.05, 4.69) is 76.4 Å². The van der Waals surface area contributed by atoms with E-state index >= 15 is 0 Å². The Kier molecular flexibility index (Phi) is 10.4. The van der Waals surface area contributed by atoms with E-state index in [0.29, 0.717) is 5.56 Å². The minimum absolute atomic E-state index is 0.0462. The molecule has 1 aliphatic rings. The van der Waals surface area contributed by atoms with E-state index in [1.165, 1.54) is 0 Å². The Balaban J connectivity index is 2.24. The summed E-state index contributed by atoms with van der Waals surface area (Å²) in [6, 6.07) is 9.08. The van der Waals surface area contributed by atoms with Gasteiger partial charge in [0.2, 0.25) is 0 Å². The highest BCUT2D eigenvalue weighted by Gasteiger charge is 2.45. The first-order valence-electron chi connectivity index (χ1n) is 12.2. The Morgan fingerprint density at radius 1 is 1.15 bits per heavy atom. The molecule has 0 amide bonds. The lowest BCUT2D eigenvalue weighted by molar-refractivity contribution is -0.153. The molecule has 0 aromatic heterocycles. The molecular formula is C27H43IO5Si. The van der Waals surface area contributed by atoms with Gasteiger partial charge in [-0.15, -0.1) is 0 Å². The van der Waals surface area contributed by atoms with Crippen LogP contribution >= 0.6 is 22.6 Å². The molecule has 0 N–H and O–H groups in total. The Hall–Kier alpha value is -0.743. The van der Waals surface area contributed by atoms with Crippen LogP contribution in [-0.2, 0) is 18.6 Å². The number of esters is 1. The third-order valence-corrected chi connectivity index (χ3v) is 12.0. The molecule has 5 nitrogen and oxygen atoms in total. The number of hydrogen-bond acceptors (Lipinski definition) is 5. The summed E-state index contributed by atoms with van der Waals surface area (Å²) in [5.74, 6) is -0.947. The summed E-state index contributed by atoms with van der Waals surface area (Å²) in [6.07, 6.45) is 3.83. The van der Waals surface area contributed by atoms with Gasteiger partial charge in [0, 0.05) is 10.5 Å². The highest BCUT2D eigenvalue weighted by atomic mass is 127. The minimum Gasteiger partial charge on any atom is -0.452 e. The fourth-order valence-electron chi connectivity index (χ4n) is 3.64. The summed E-state index contributed by atoms with van der Waals surface area (Å²) in [7, 11) is -1.89. The molecule has 1 aliphatic heterocycles. The third-order valence-electron chi connectivity index (χ3n) is 6.82. The maximum atomic E-state index is 12.9. The maximum Gasteiger partial charge on any atom is 0.338 e. The predicted molar refractivity (Wildman–Crippen MR) is 149 cm³/mol. The summed E-state index contributed by atoms with van der Waals surface area (Å²) in [6.45, 7) is 19.4. The van der Waals surface area contributed by atoms with Gasteiger partial charge in [-0.2, -0.15) is 0 Å². The Labute approximate surface area is 221 Å². The average molecular weight is 603 g/mol. The largest absolute Gasteiger partial charge is 0.452 e. The molecule has 0 aliphatic carbocycles. The monoisotopic (exact) mass is 602 g/mol. The van der Waals surface area contributed by atoms with Crippen molar-refractivity contribution in [1.29, 1.82) is 0 Å². The molecule has 0 saturated carbocycles. The number of halogens is 1. The first-order valence-corrected chi connectivity index (χ1v) is 16.6. The van der Waals surface area contributed by atoms with Crippen molar-refractivity contribution in [2.45, 2.75) is 103 Å². The van der Waals surface area contributed by atoms with Gasteiger partial charge in [-0.1, -0.05) is 74.6 Å². The van der Waals surface area contributed by atoms with Crippen LogP contribution in [0.15, 0.2) is 42.5 Å². The van der Waals surface area contributed by atoms with Gasteiger partial charge in [-0.25, -0.2) is 4.79 Å². The Morgan fingerprint density at radius 3 is 2.32 bits per heavy atom. The van der Waals surface area contributed by atoms with Crippen molar-refractivity contribution in [3.8, 4) is 0 Å². The van der Waals surface area contributed by atoms with Gasteiger partial charge in [0.15, 0.2) is 14.1 Å². The summed E-state index contributed by atoms with van der Waals surface area (Å²) < 4.78 is 25.9. The molecule has 1 fully saturated rings. The molecule has 34 heavy (non-hydrogen) atoms. The van der Waals surface area contributed by atoms with Gasteiger partial charge in [-0.05, 0) is 69.5 Å². The minimum atomic E-state index is -1.89. The maximum absolute atomic E-state index is 12.9. The van der Waals surface area contributed by atoms with Crippen LogP contribution in [0.4, 0.5) is 0 Å². The Morgan fingerprint density at radius 2 is 1.76 bits per heavy atom. The topological polar surface area (TPSA) is 54.0 Å². The number of alkyl halides is 1. The zero-order valence-electron chi connectivity index (χ0n) is 22.3. The van der Waals surface area contributed by atoms with Crippen molar-refractivity contribution in [3.63, 3.8) is 0 Å². The molecule has 1 heterocycles. The molecule has 0 spiro atoms. The van der Waals surface area contributed by atoms with Crippen LogP contribution in [0.5, 0.6) is 0 Å².